The molecule has 0 N–H and O–H groups in total. The van der Waals surface area contributed by atoms with Crippen LogP contribution in [0, 0.1) is 6.92 Å². The van der Waals surface area contributed by atoms with E-state index in [0.717, 1.165) is 10.1 Å². The molecule has 9 heteroatoms. The van der Waals surface area contributed by atoms with Gasteiger partial charge in [-0.15, -0.1) is 0 Å². The van der Waals surface area contributed by atoms with Crippen LogP contribution in [0.3, 0.4) is 0 Å². The normalized spacial score (nSPS) is 17.5. The molecule has 6 nitrogen and oxygen atoms in total. The number of para-hydroxylation sites is 1. The van der Waals surface area contributed by atoms with Crippen molar-refractivity contribution in [3.05, 3.63) is 41.7 Å². The second-order valence-corrected chi connectivity index (χ2v) is 6.28. The van der Waals surface area contributed by atoms with Gasteiger partial charge in [-0.1, -0.05) is 17.3 Å². The van der Waals surface area contributed by atoms with Gasteiger partial charge in [0.1, 0.15) is 11.5 Å². The van der Waals surface area contributed by atoms with Crippen molar-refractivity contribution in [1.29, 1.82) is 0 Å². The first-order valence-corrected chi connectivity index (χ1v) is 8.11. The number of carbonyl (C=O) groups is 1. The number of hydrogen-bond acceptors (Lipinski definition) is 4. The summed E-state index contributed by atoms with van der Waals surface area (Å²) >= 11 is 0. The quantitative estimate of drug-likeness (QED) is 0.699. The first-order chi connectivity index (χ1) is 12.3. The second-order valence-electron chi connectivity index (χ2n) is 6.28. The van der Waals surface area contributed by atoms with Gasteiger partial charge < -0.3 is 4.52 Å². The minimum Gasteiger partial charge on any atom is -0.356 e. The summed E-state index contributed by atoms with van der Waals surface area (Å²) in [5, 5.41) is 8.59. The molecule has 1 amide bonds. The van der Waals surface area contributed by atoms with E-state index in [-0.39, 0.29) is 31.1 Å². The highest BCUT2D eigenvalue weighted by atomic mass is 19.4. The summed E-state index contributed by atoms with van der Waals surface area (Å²) in [5.41, 5.74) is 1.46. The Balaban J connectivity index is 1.64. The zero-order chi connectivity index (χ0) is 18.5. The van der Waals surface area contributed by atoms with Gasteiger partial charge in [0.15, 0.2) is 11.6 Å². The fourth-order valence-corrected chi connectivity index (χ4v) is 3.28. The summed E-state index contributed by atoms with van der Waals surface area (Å²) in [6.07, 6.45) is -4.70. The number of nitrogens with zero attached hydrogens (tertiary/aromatic N) is 4. The summed E-state index contributed by atoms with van der Waals surface area (Å²) in [6.45, 7) is 1.58. The zero-order valence-electron chi connectivity index (χ0n) is 13.8. The van der Waals surface area contributed by atoms with E-state index in [0.29, 0.717) is 17.0 Å². The van der Waals surface area contributed by atoms with Crippen LogP contribution in [0.2, 0.25) is 0 Å². The number of benzene rings is 1. The van der Waals surface area contributed by atoms with Gasteiger partial charge in [-0.2, -0.15) is 18.3 Å². The van der Waals surface area contributed by atoms with Crippen LogP contribution in [0.1, 0.15) is 23.9 Å². The third-order valence-corrected chi connectivity index (χ3v) is 4.49. The number of alkyl halides is 3. The summed E-state index contributed by atoms with van der Waals surface area (Å²) < 4.78 is 45.8. The summed E-state index contributed by atoms with van der Waals surface area (Å²) in [5.74, 6) is -0.181. The summed E-state index contributed by atoms with van der Waals surface area (Å²) in [6, 6.07) is 6.91. The number of fused-ring (bicyclic) bond motifs is 2. The number of rotatable bonds is 2. The van der Waals surface area contributed by atoms with E-state index >= 15 is 0 Å². The van der Waals surface area contributed by atoms with E-state index in [1.165, 1.54) is 11.0 Å². The van der Waals surface area contributed by atoms with Crippen LogP contribution in [0.25, 0.3) is 11.0 Å². The molecule has 0 aliphatic carbocycles. The largest absolute Gasteiger partial charge is 0.410 e. The molecule has 1 aromatic carbocycles. The lowest BCUT2D eigenvalue weighted by Crippen LogP contribution is -2.43. The van der Waals surface area contributed by atoms with Gasteiger partial charge in [-0.05, 0) is 25.5 Å². The van der Waals surface area contributed by atoms with E-state index < -0.39 is 12.2 Å². The smallest absolute Gasteiger partial charge is 0.356 e. The lowest BCUT2D eigenvalue weighted by molar-refractivity contribution is -0.173. The molecule has 2 aromatic heterocycles. The van der Waals surface area contributed by atoms with Gasteiger partial charge in [0.2, 0.25) is 5.91 Å². The monoisotopic (exact) mass is 364 g/mol. The average Bonchev–Trinajstić information content (AvgIpc) is 3.16. The molecule has 1 atom stereocenters. The van der Waals surface area contributed by atoms with Gasteiger partial charge in [0, 0.05) is 18.0 Å². The number of hydrogen-bond donors (Lipinski definition) is 0. The standard InChI is InChI=1S/C17H15F3N4O2/c1-10-8-15-23(7-6-14(17(18,19)20)24(15)21-10)16(25)9-12-11-4-2-3-5-13(11)26-22-12/h2-5,8,14H,6-7,9H2,1H3. The van der Waals surface area contributed by atoms with Crippen molar-refractivity contribution in [3.8, 4) is 0 Å². The Kier molecular flexibility index (Phi) is 3.74. The lowest BCUT2D eigenvalue weighted by Gasteiger charge is -2.33. The fraction of sp³-hybridized carbons (Fsp3) is 0.353. The van der Waals surface area contributed by atoms with Crippen molar-refractivity contribution >= 4 is 22.7 Å². The van der Waals surface area contributed by atoms with Crippen molar-refractivity contribution in [2.45, 2.75) is 32.0 Å². The summed E-state index contributed by atoms with van der Waals surface area (Å²) in [4.78, 5) is 14.1. The fourth-order valence-electron chi connectivity index (χ4n) is 3.28. The third kappa shape index (κ3) is 2.73. The molecule has 3 heterocycles. The van der Waals surface area contributed by atoms with Crippen molar-refractivity contribution in [3.63, 3.8) is 0 Å². The van der Waals surface area contributed by atoms with E-state index in [1.54, 1.807) is 31.2 Å². The molecule has 1 aliphatic heterocycles. The Labute approximate surface area is 146 Å². The molecule has 3 aromatic rings. The number of aryl methyl sites for hydroxylation is 1. The van der Waals surface area contributed by atoms with Gasteiger partial charge in [0.05, 0.1) is 12.1 Å². The highest BCUT2D eigenvalue weighted by molar-refractivity contribution is 5.96. The number of aromatic nitrogens is 3. The molecule has 0 spiro atoms. The Bertz CT molecular complexity index is 976. The predicted octanol–water partition coefficient (Wildman–Crippen LogP) is 3.42. The van der Waals surface area contributed by atoms with Gasteiger partial charge in [0.25, 0.3) is 0 Å². The maximum atomic E-state index is 13.3. The van der Waals surface area contributed by atoms with Crippen molar-refractivity contribution in [2.75, 3.05) is 11.4 Å². The molecule has 1 unspecified atom stereocenters. The predicted molar refractivity (Wildman–Crippen MR) is 86.7 cm³/mol. The first kappa shape index (κ1) is 16.6. The topological polar surface area (TPSA) is 64.2 Å². The molecule has 0 saturated heterocycles. The Morgan fingerprint density at radius 1 is 1.35 bits per heavy atom. The van der Waals surface area contributed by atoms with Crippen LogP contribution in [-0.4, -0.2) is 33.6 Å². The van der Waals surface area contributed by atoms with Gasteiger partial charge in [-0.25, -0.2) is 4.68 Å². The molecule has 4 rings (SSSR count). The molecule has 0 saturated carbocycles. The highest BCUT2D eigenvalue weighted by Crippen LogP contribution is 2.39. The first-order valence-electron chi connectivity index (χ1n) is 8.11. The van der Waals surface area contributed by atoms with Crippen molar-refractivity contribution in [2.24, 2.45) is 0 Å². The maximum Gasteiger partial charge on any atom is 0.410 e. The maximum absolute atomic E-state index is 13.3. The zero-order valence-corrected chi connectivity index (χ0v) is 13.8. The number of amides is 1. The van der Waals surface area contributed by atoms with Crippen molar-refractivity contribution < 1.29 is 22.5 Å². The number of anilines is 1. The molecule has 0 bridgehead atoms. The Morgan fingerprint density at radius 2 is 2.12 bits per heavy atom. The van der Waals surface area contributed by atoms with E-state index in [2.05, 4.69) is 10.3 Å². The van der Waals surface area contributed by atoms with E-state index in [4.69, 9.17) is 4.52 Å². The van der Waals surface area contributed by atoms with Gasteiger partial charge >= 0.3 is 6.18 Å². The number of carbonyl (C=O) groups excluding carboxylic acids is 1. The van der Waals surface area contributed by atoms with Crippen LogP contribution < -0.4 is 4.90 Å². The SMILES string of the molecule is Cc1cc2n(n1)C(C(F)(F)F)CCN2C(=O)Cc1noc2ccccc12. The van der Waals surface area contributed by atoms with Gasteiger partial charge in [-0.3, -0.25) is 9.69 Å². The third-order valence-electron chi connectivity index (χ3n) is 4.49. The van der Waals surface area contributed by atoms with Crippen LogP contribution >= 0.6 is 0 Å². The second kappa shape index (κ2) is 5.86. The molecule has 0 fully saturated rings. The summed E-state index contributed by atoms with van der Waals surface area (Å²) in [7, 11) is 0. The molecule has 0 radical (unpaired) electrons. The average molecular weight is 364 g/mol. The van der Waals surface area contributed by atoms with Crippen LogP contribution in [0.5, 0.6) is 0 Å². The van der Waals surface area contributed by atoms with E-state index in [9.17, 15) is 18.0 Å². The molecule has 1 aliphatic rings. The van der Waals surface area contributed by atoms with Crippen molar-refractivity contribution in [1.82, 2.24) is 14.9 Å². The minimum atomic E-state index is -4.41. The van der Waals surface area contributed by atoms with E-state index in [1.807, 2.05) is 0 Å². The molecule has 136 valence electrons. The molecular weight excluding hydrogens is 349 g/mol. The van der Waals surface area contributed by atoms with Crippen LogP contribution in [-0.2, 0) is 11.2 Å². The van der Waals surface area contributed by atoms with Crippen LogP contribution in [0.4, 0.5) is 19.0 Å². The van der Waals surface area contributed by atoms with Crippen LogP contribution in [0.15, 0.2) is 34.9 Å². The lowest BCUT2D eigenvalue weighted by atomic mass is 10.1. The minimum absolute atomic E-state index is 0.0239. The molecule has 26 heavy (non-hydrogen) atoms. The Morgan fingerprint density at radius 3 is 2.88 bits per heavy atom. The number of halogens is 3. The highest BCUT2D eigenvalue weighted by Gasteiger charge is 2.46. The Hall–Kier alpha value is -2.84. The molecular formula is C17H15F3N4O2.